The first-order chi connectivity index (χ1) is 12.0. The van der Waals surface area contributed by atoms with Gasteiger partial charge in [0.1, 0.15) is 11.6 Å². The summed E-state index contributed by atoms with van der Waals surface area (Å²) in [5.74, 6) is -1.15. The second-order valence-electron chi connectivity index (χ2n) is 5.69. The molecule has 1 heterocycles. The number of nitrogens with zero attached hydrogens (tertiary/aromatic N) is 1. The van der Waals surface area contributed by atoms with Gasteiger partial charge in [0, 0.05) is 18.7 Å². The molecule has 1 unspecified atom stereocenters. The molecule has 0 aliphatic carbocycles. The van der Waals surface area contributed by atoms with Crippen LogP contribution in [0.5, 0.6) is 5.75 Å². The van der Waals surface area contributed by atoms with Crippen LogP contribution in [0.3, 0.4) is 0 Å². The molecule has 2 amide bonds. The molecule has 3 rings (SSSR count). The Morgan fingerprint density at radius 2 is 2.08 bits per heavy atom. The quantitative estimate of drug-likeness (QED) is 0.905. The Labute approximate surface area is 149 Å². The number of benzene rings is 2. The lowest BCUT2D eigenvalue weighted by Gasteiger charge is -2.18. The van der Waals surface area contributed by atoms with Crippen molar-refractivity contribution in [1.29, 1.82) is 0 Å². The number of hydrogen-bond donors (Lipinski definition) is 1. The van der Waals surface area contributed by atoms with Gasteiger partial charge >= 0.3 is 0 Å². The molecule has 1 N–H and O–H groups in total. The van der Waals surface area contributed by atoms with E-state index in [1.54, 1.807) is 30.3 Å². The van der Waals surface area contributed by atoms with Gasteiger partial charge in [0.15, 0.2) is 0 Å². The molecule has 25 heavy (non-hydrogen) atoms. The Morgan fingerprint density at radius 1 is 1.32 bits per heavy atom. The van der Waals surface area contributed by atoms with Crippen molar-refractivity contribution < 1.29 is 18.7 Å². The molecule has 1 aliphatic rings. The van der Waals surface area contributed by atoms with Crippen molar-refractivity contribution >= 4 is 34.8 Å². The first-order valence-corrected chi connectivity index (χ1v) is 8.06. The van der Waals surface area contributed by atoms with Crippen molar-refractivity contribution in [3.05, 3.63) is 53.3 Å². The van der Waals surface area contributed by atoms with E-state index in [1.807, 2.05) is 0 Å². The van der Waals surface area contributed by atoms with Crippen molar-refractivity contribution in [3.63, 3.8) is 0 Å². The number of carbonyl (C=O) groups excluding carboxylic acids is 2. The van der Waals surface area contributed by atoms with Gasteiger partial charge in [-0.25, -0.2) is 4.39 Å². The highest BCUT2D eigenvalue weighted by Gasteiger charge is 2.35. The summed E-state index contributed by atoms with van der Waals surface area (Å²) < 4.78 is 18.7. The van der Waals surface area contributed by atoms with E-state index in [0.29, 0.717) is 16.5 Å². The molecule has 2 aromatic rings. The van der Waals surface area contributed by atoms with Crippen LogP contribution in [0.4, 0.5) is 15.8 Å². The van der Waals surface area contributed by atoms with Crippen molar-refractivity contribution in [2.45, 2.75) is 6.42 Å². The van der Waals surface area contributed by atoms with E-state index >= 15 is 0 Å². The van der Waals surface area contributed by atoms with E-state index < -0.39 is 11.7 Å². The van der Waals surface area contributed by atoms with E-state index in [-0.39, 0.29) is 30.5 Å². The molecule has 1 aliphatic heterocycles. The highest BCUT2D eigenvalue weighted by atomic mass is 35.5. The smallest absolute Gasteiger partial charge is 0.229 e. The minimum atomic E-state index is -0.562. The number of methoxy groups -OCH3 is 1. The van der Waals surface area contributed by atoms with Gasteiger partial charge in [-0.3, -0.25) is 9.59 Å². The van der Waals surface area contributed by atoms with Gasteiger partial charge < -0.3 is 15.0 Å². The van der Waals surface area contributed by atoms with Crippen LogP contribution in [0.25, 0.3) is 0 Å². The third kappa shape index (κ3) is 3.58. The van der Waals surface area contributed by atoms with Crippen LogP contribution in [0, 0.1) is 11.7 Å². The zero-order chi connectivity index (χ0) is 18.0. The normalized spacial score (nSPS) is 16.8. The lowest BCUT2D eigenvalue weighted by atomic mass is 10.1. The topological polar surface area (TPSA) is 58.6 Å². The number of hydrogen-bond acceptors (Lipinski definition) is 3. The zero-order valence-electron chi connectivity index (χ0n) is 13.5. The lowest BCUT2D eigenvalue weighted by Crippen LogP contribution is -2.28. The molecule has 0 radical (unpaired) electrons. The first kappa shape index (κ1) is 17.2. The van der Waals surface area contributed by atoms with E-state index in [1.165, 1.54) is 24.1 Å². The molecule has 7 heteroatoms. The van der Waals surface area contributed by atoms with Crippen LogP contribution < -0.4 is 15.0 Å². The van der Waals surface area contributed by atoms with Gasteiger partial charge in [-0.2, -0.15) is 0 Å². The van der Waals surface area contributed by atoms with Gasteiger partial charge in [0.05, 0.1) is 23.7 Å². The number of rotatable bonds is 4. The molecule has 130 valence electrons. The highest BCUT2D eigenvalue weighted by molar-refractivity contribution is 6.32. The summed E-state index contributed by atoms with van der Waals surface area (Å²) in [7, 11) is 1.50. The maximum Gasteiger partial charge on any atom is 0.229 e. The second kappa shape index (κ2) is 7.11. The predicted octanol–water partition coefficient (Wildman–Crippen LogP) is 3.48. The Kier molecular flexibility index (Phi) is 4.90. The molecule has 5 nitrogen and oxygen atoms in total. The van der Waals surface area contributed by atoms with Crippen LogP contribution >= 0.6 is 11.6 Å². The van der Waals surface area contributed by atoms with Crippen molar-refractivity contribution in [1.82, 2.24) is 0 Å². The SMILES string of the molecule is COc1ccc(N2CC(C(=O)Nc3ccccc3F)CC2=O)cc1Cl. The van der Waals surface area contributed by atoms with Crippen LogP contribution in [0.2, 0.25) is 5.02 Å². The van der Waals surface area contributed by atoms with E-state index in [0.717, 1.165) is 0 Å². The van der Waals surface area contributed by atoms with Gasteiger partial charge in [-0.15, -0.1) is 0 Å². The summed E-state index contributed by atoms with van der Waals surface area (Å²) in [6.45, 7) is 0.210. The molecule has 0 bridgehead atoms. The van der Waals surface area contributed by atoms with Crippen LogP contribution in [-0.2, 0) is 9.59 Å². The number of ether oxygens (including phenoxy) is 1. The largest absolute Gasteiger partial charge is 0.495 e. The highest BCUT2D eigenvalue weighted by Crippen LogP contribution is 2.32. The third-order valence-corrected chi connectivity index (χ3v) is 4.37. The molecule has 1 atom stereocenters. The van der Waals surface area contributed by atoms with Gasteiger partial charge in [-0.1, -0.05) is 23.7 Å². The average molecular weight is 363 g/mol. The Hall–Kier alpha value is -2.60. The fourth-order valence-electron chi connectivity index (χ4n) is 2.75. The monoisotopic (exact) mass is 362 g/mol. The Balaban J connectivity index is 1.73. The van der Waals surface area contributed by atoms with Crippen molar-refractivity contribution in [3.8, 4) is 5.75 Å². The number of carbonyl (C=O) groups is 2. The summed E-state index contributed by atoms with van der Waals surface area (Å²) in [5.41, 5.74) is 0.697. The second-order valence-corrected chi connectivity index (χ2v) is 6.10. The Morgan fingerprint density at radius 3 is 2.76 bits per heavy atom. The maximum atomic E-state index is 13.7. The van der Waals surface area contributed by atoms with E-state index in [4.69, 9.17) is 16.3 Å². The van der Waals surface area contributed by atoms with Crippen LogP contribution in [0.1, 0.15) is 6.42 Å². The minimum Gasteiger partial charge on any atom is -0.495 e. The summed E-state index contributed by atoms with van der Waals surface area (Å²) in [5, 5.41) is 2.92. The van der Waals surface area contributed by atoms with Crippen molar-refractivity contribution in [2.24, 2.45) is 5.92 Å². The van der Waals surface area contributed by atoms with E-state index in [2.05, 4.69) is 5.32 Å². The maximum absolute atomic E-state index is 13.7. The number of amides is 2. The summed E-state index contributed by atoms with van der Waals surface area (Å²) in [6, 6.07) is 10.9. The van der Waals surface area contributed by atoms with Crippen LogP contribution in [-0.4, -0.2) is 25.5 Å². The third-order valence-electron chi connectivity index (χ3n) is 4.07. The summed E-state index contributed by atoms with van der Waals surface area (Å²) in [4.78, 5) is 26.1. The Bertz CT molecular complexity index is 828. The number of anilines is 2. The minimum absolute atomic E-state index is 0.0595. The van der Waals surface area contributed by atoms with Gasteiger partial charge in [0.25, 0.3) is 0 Å². The first-order valence-electron chi connectivity index (χ1n) is 7.69. The molecule has 1 saturated heterocycles. The zero-order valence-corrected chi connectivity index (χ0v) is 14.2. The lowest BCUT2D eigenvalue weighted by molar-refractivity contribution is -0.122. The molecular formula is C18H16ClFN2O3. The molecule has 0 aromatic heterocycles. The van der Waals surface area contributed by atoms with E-state index in [9.17, 15) is 14.0 Å². The molecular weight excluding hydrogens is 347 g/mol. The number of nitrogens with one attached hydrogen (secondary N) is 1. The summed E-state index contributed by atoms with van der Waals surface area (Å²) >= 11 is 6.10. The predicted molar refractivity (Wildman–Crippen MR) is 93.5 cm³/mol. The molecule has 0 spiro atoms. The number of para-hydroxylation sites is 1. The average Bonchev–Trinajstić information content (AvgIpc) is 2.99. The van der Waals surface area contributed by atoms with Crippen molar-refractivity contribution in [2.75, 3.05) is 23.9 Å². The number of halogens is 2. The van der Waals surface area contributed by atoms with Gasteiger partial charge in [-0.05, 0) is 30.3 Å². The fraction of sp³-hybridized carbons (Fsp3) is 0.222. The van der Waals surface area contributed by atoms with Gasteiger partial charge in [0.2, 0.25) is 11.8 Å². The fourth-order valence-corrected chi connectivity index (χ4v) is 3.01. The summed E-state index contributed by atoms with van der Waals surface area (Å²) in [6.07, 6.45) is 0.0595. The molecule has 1 fully saturated rings. The molecule has 0 saturated carbocycles. The standard InChI is InChI=1S/C18H16ClFN2O3/c1-25-16-7-6-12(9-13(16)19)22-10-11(8-17(22)23)18(24)21-15-5-3-2-4-14(15)20/h2-7,9,11H,8,10H2,1H3,(H,21,24). The molecule has 2 aromatic carbocycles. The van der Waals surface area contributed by atoms with Crippen LogP contribution in [0.15, 0.2) is 42.5 Å².